The Balaban J connectivity index is 2.05. The number of nitrogens with one attached hydrogen (secondary N) is 1. The van der Waals surface area contributed by atoms with Gasteiger partial charge in [0.25, 0.3) is 5.91 Å². The molecule has 0 fully saturated rings. The number of nitrogens with zero attached hydrogens (tertiary/aromatic N) is 1. The van der Waals surface area contributed by atoms with Gasteiger partial charge < -0.3 is 14.8 Å². The number of methoxy groups -OCH3 is 1. The van der Waals surface area contributed by atoms with Crippen molar-refractivity contribution < 1.29 is 23.0 Å². The fraction of sp³-hybridized carbons (Fsp3) is 0.143. The van der Waals surface area contributed by atoms with Crippen molar-refractivity contribution in [1.82, 2.24) is 4.98 Å². The third-order valence-electron chi connectivity index (χ3n) is 2.54. The zero-order valence-electron chi connectivity index (χ0n) is 11.0. The Morgan fingerprint density at radius 1 is 1.24 bits per heavy atom. The molecule has 1 aromatic heterocycles. The number of rotatable bonds is 5. The number of ether oxygens (including phenoxy) is 2. The highest BCUT2D eigenvalue weighted by molar-refractivity contribution is 6.04. The molecular formula is C14H12F2N2O3. The molecule has 7 heteroatoms. The summed E-state index contributed by atoms with van der Waals surface area (Å²) in [5.74, 6) is -0.0184. The second-order valence-corrected chi connectivity index (χ2v) is 3.94. The normalized spacial score (nSPS) is 10.3. The zero-order valence-corrected chi connectivity index (χ0v) is 11.0. The van der Waals surface area contributed by atoms with Crippen LogP contribution in [0, 0.1) is 0 Å². The molecule has 0 radical (unpaired) electrons. The summed E-state index contributed by atoms with van der Waals surface area (Å²) >= 11 is 0. The molecule has 0 aliphatic rings. The number of carbonyl (C=O) groups is 1. The van der Waals surface area contributed by atoms with Crippen molar-refractivity contribution in [2.24, 2.45) is 0 Å². The maximum atomic E-state index is 12.0. The van der Waals surface area contributed by atoms with Crippen molar-refractivity contribution in [1.29, 1.82) is 0 Å². The van der Waals surface area contributed by atoms with E-state index in [1.807, 2.05) is 0 Å². The highest BCUT2D eigenvalue weighted by Gasteiger charge is 2.08. The molecule has 1 amide bonds. The molecule has 1 aromatic carbocycles. The third-order valence-corrected chi connectivity index (χ3v) is 2.54. The summed E-state index contributed by atoms with van der Waals surface area (Å²) in [6.07, 6.45) is 1.45. The number of halogens is 2. The van der Waals surface area contributed by atoms with Crippen LogP contribution in [0.2, 0.25) is 0 Å². The van der Waals surface area contributed by atoms with Crippen molar-refractivity contribution in [3.63, 3.8) is 0 Å². The van der Waals surface area contributed by atoms with Gasteiger partial charge in [-0.3, -0.25) is 4.79 Å². The standard InChI is InChI=1S/C14H12F2N2O3/c1-20-12-8-9(6-7-17-12)13(19)18-10-2-4-11(5-3-10)21-14(15)16/h2-8,14H,1H3,(H,18,19). The van der Waals surface area contributed by atoms with Crippen molar-refractivity contribution in [3.05, 3.63) is 48.2 Å². The molecule has 0 spiro atoms. The minimum atomic E-state index is -2.88. The molecule has 1 N–H and O–H groups in total. The van der Waals surface area contributed by atoms with Crippen LogP contribution in [0.5, 0.6) is 11.6 Å². The molecule has 21 heavy (non-hydrogen) atoms. The summed E-state index contributed by atoms with van der Waals surface area (Å²) < 4.78 is 33.2. The molecule has 0 unspecified atom stereocenters. The molecule has 110 valence electrons. The van der Waals surface area contributed by atoms with Gasteiger partial charge in [0.2, 0.25) is 5.88 Å². The highest BCUT2D eigenvalue weighted by Crippen LogP contribution is 2.18. The maximum Gasteiger partial charge on any atom is 0.387 e. The predicted molar refractivity (Wildman–Crippen MR) is 71.8 cm³/mol. The Kier molecular flexibility index (Phi) is 4.65. The lowest BCUT2D eigenvalue weighted by atomic mass is 10.2. The molecule has 0 bridgehead atoms. The van der Waals surface area contributed by atoms with E-state index in [1.54, 1.807) is 0 Å². The first-order valence-corrected chi connectivity index (χ1v) is 5.95. The molecule has 5 nitrogen and oxygen atoms in total. The molecule has 0 saturated heterocycles. The largest absolute Gasteiger partial charge is 0.481 e. The van der Waals surface area contributed by atoms with E-state index in [9.17, 15) is 13.6 Å². The van der Waals surface area contributed by atoms with E-state index < -0.39 is 6.61 Å². The average molecular weight is 294 g/mol. The molecule has 0 aliphatic heterocycles. The van der Waals surface area contributed by atoms with E-state index in [0.717, 1.165) is 0 Å². The lowest BCUT2D eigenvalue weighted by Gasteiger charge is -2.08. The van der Waals surface area contributed by atoms with E-state index in [0.29, 0.717) is 17.1 Å². The van der Waals surface area contributed by atoms with Crippen LogP contribution >= 0.6 is 0 Å². The van der Waals surface area contributed by atoms with Crippen LogP contribution in [-0.2, 0) is 0 Å². The maximum absolute atomic E-state index is 12.0. The number of alkyl halides is 2. The lowest BCUT2D eigenvalue weighted by molar-refractivity contribution is -0.0498. The first kappa shape index (κ1) is 14.7. The fourth-order valence-corrected chi connectivity index (χ4v) is 1.59. The van der Waals surface area contributed by atoms with Gasteiger partial charge in [-0.2, -0.15) is 8.78 Å². The van der Waals surface area contributed by atoms with Gasteiger partial charge in [0.1, 0.15) is 5.75 Å². The van der Waals surface area contributed by atoms with Crippen LogP contribution in [0.3, 0.4) is 0 Å². The molecule has 1 heterocycles. The Labute approximate surface area is 119 Å². The van der Waals surface area contributed by atoms with Gasteiger partial charge in [0.15, 0.2) is 0 Å². The number of pyridine rings is 1. The predicted octanol–water partition coefficient (Wildman–Crippen LogP) is 2.94. The first-order chi connectivity index (χ1) is 10.1. The van der Waals surface area contributed by atoms with E-state index in [-0.39, 0.29) is 11.7 Å². The van der Waals surface area contributed by atoms with Gasteiger partial charge in [-0.25, -0.2) is 4.98 Å². The van der Waals surface area contributed by atoms with Crippen molar-refractivity contribution in [3.8, 4) is 11.6 Å². The minimum absolute atomic E-state index is 0.0218. The highest BCUT2D eigenvalue weighted by atomic mass is 19.3. The summed E-state index contributed by atoms with van der Waals surface area (Å²) in [6.45, 7) is -2.88. The van der Waals surface area contributed by atoms with Gasteiger partial charge >= 0.3 is 6.61 Å². The number of hydrogen-bond donors (Lipinski definition) is 1. The summed E-state index contributed by atoms with van der Waals surface area (Å²) in [4.78, 5) is 15.9. The van der Waals surface area contributed by atoms with Crippen LogP contribution in [0.25, 0.3) is 0 Å². The van der Waals surface area contributed by atoms with Gasteiger partial charge in [-0.15, -0.1) is 0 Å². The van der Waals surface area contributed by atoms with Gasteiger partial charge in [0.05, 0.1) is 7.11 Å². The molecule has 0 atom stereocenters. The van der Waals surface area contributed by atoms with Crippen LogP contribution in [-0.4, -0.2) is 24.6 Å². The van der Waals surface area contributed by atoms with Gasteiger partial charge in [0, 0.05) is 23.5 Å². The number of benzene rings is 1. The summed E-state index contributed by atoms with van der Waals surface area (Å²) in [7, 11) is 1.45. The number of aromatic nitrogens is 1. The summed E-state index contributed by atoms with van der Waals surface area (Å²) in [5.41, 5.74) is 0.826. The van der Waals surface area contributed by atoms with Gasteiger partial charge in [-0.05, 0) is 30.3 Å². The van der Waals surface area contributed by atoms with Crippen molar-refractivity contribution in [2.45, 2.75) is 6.61 Å². The minimum Gasteiger partial charge on any atom is -0.481 e. The second-order valence-electron chi connectivity index (χ2n) is 3.94. The SMILES string of the molecule is COc1cc(C(=O)Nc2ccc(OC(F)F)cc2)ccn1. The zero-order chi connectivity index (χ0) is 15.2. The smallest absolute Gasteiger partial charge is 0.387 e. The van der Waals surface area contributed by atoms with E-state index in [4.69, 9.17) is 4.74 Å². The van der Waals surface area contributed by atoms with Crippen LogP contribution in [0.4, 0.5) is 14.5 Å². The topological polar surface area (TPSA) is 60.5 Å². The number of carbonyl (C=O) groups excluding carboxylic acids is 1. The number of hydrogen-bond acceptors (Lipinski definition) is 4. The molecule has 2 rings (SSSR count). The quantitative estimate of drug-likeness (QED) is 0.921. The van der Waals surface area contributed by atoms with E-state index in [2.05, 4.69) is 15.0 Å². The Morgan fingerprint density at radius 2 is 1.95 bits per heavy atom. The Hall–Kier alpha value is -2.70. The lowest BCUT2D eigenvalue weighted by Crippen LogP contribution is -2.12. The number of amides is 1. The molecule has 0 aliphatic carbocycles. The van der Waals surface area contributed by atoms with Gasteiger partial charge in [-0.1, -0.05) is 0 Å². The Morgan fingerprint density at radius 3 is 2.57 bits per heavy atom. The van der Waals surface area contributed by atoms with Crippen LogP contribution in [0.15, 0.2) is 42.6 Å². The third kappa shape index (κ3) is 4.13. The van der Waals surface area contributed by atoms with Crippen molar-refractivity contribution >= 4 is 11.6 Å². The van der Waals surface area contributed by atoms with Crippen LogP contribution < -0.4 is 14.8 Å². The number of anilines is 1. The summed E-state index contributed by atoms with van der Waals surface area (Å²) in [6, 6.07) is 8.64. The Bertz CT molecular complexity index is 618. The second kappa shape index (κ2) is 6.65. The molecule has 2 aromatic rings. The van der Waals surface area contributed by atoms with E-state index in [1.165, 1.54) is 49.7 Å². The van der Waals surface area contributed by atoms with Crippen LogP contribution in [0.1, 0.15) is 10.4 Å². The molecule has 0 saturated carbocycles. The fourth-order valence-electron chi connectivity index (χ4n) is 1.59. The first-order valence-electron chi connectivity index (χ1n) is 5.95. The monoisotopic (exact) mass is 294 g/mol. The molecular weight excluding hydrogens is 282 g/mol. The van der Waals surface area contributed by atoms with Crippen molar-refractivity contribution in [2.75, 3.05) is 12.4 Å². The summed E-state index contributed by atoms with van der Waals surface area (Å²) in [5, 5.41) is 2.62. The van der Waals surface area contributed by atoms with E-state index >= 15 is 0 Å². The average Bonchev–Trinajstić information content (AvgIpc) is 2.49.